The van der Waals surface area contributed by atoms with Crippen LogP contribution in [0.3, 0.4) is 0 Å². The molecule has 0 spiro atoms. The van der Waals surface area contributed by atoms with Crippen LogP contribution in [-0.4, -0.2) is 6.54 Å². The molecule has 3 aromatic carbocycles. The molecule has 0 unspecified atom stereocenters. The van der Waals surface area contributed by atoms with Gasteiger partial charge in [-0.25, -0.2) is 8.78 Å². The summed E-state index contributed by atoms with van der Waals surface area (Å²) in [4.78, 5) is 0. The Morgan fingerprint density at radius 2 is 1.50 bits per heavy atom. The van der Waals surface area contributed by atoms with E-state index in [1.54, 1.807) is 6.20 Å². The molecule has 0 atom stereocenters. The van der Waals surface area contributed by atoms with Crippen molar-refractivity contribution in [3.8, 4) is 0 Å². The minimum atomic E-state index is -0.502. The van der Waals surface area contributed by atoms with Gasteiger partial charge < -0.3 is 0 Å². The highest BCUT2D eigenvalue weighted by Gasteiger charge is 2.22. The predicted octanol–water partition coefficient (Wildman–Crippen LogP) is 4.75. The van der Waals surface area contributed by atoms with Gasteiger partial charge in [-0.3, -0.25) is 10.0 Å². The van der Waals surface area contributed by atoms with Gasteiger partial charge in [-0.15, -0.1) is 5.53 Å². The summed E-state index contributed by atoms with van der Waals surface area (Å²) in [6, 6.07) is 23.0. The van der Waals surface area contributed by atoms with E-state index >= 15 is 0 Å². The monoisotopic (exact) mass is 349 g/mol. The molecule has 0 amide bonds. The zero-order valence-corrected chi connectivity index (χ0v) is 13.9. The van der Waals surface area contributed by atoms with Gasteiger partial charge in [0.05, 0.1) is 17.9 Å². The Labute approximate surface area is 150 Å². The molecule has 1 heterocycles. The summed E-state index contributed by atoms with van der Waals surface area (Å²) >= 11 is 0. The summed E-state index contributed by atoms with van der Waals surface area (Å²) in [5.41, 5.74) is 6.20. The van der Waals surface area contributed by atoms with Crippen molar-refractivity contribution in [3.05, 3.63) is 102 Å². The van der Waals surface area contributed by atoms with Crippen LogP contribution >= 0.6 is 0 Å². The van der Waals surface area contributed by atoms with Gasteiger partial charge in [0.15, 0.2) is 0 Å². The van der Waals surface area contributed by atoms with E-state index in [1.807, 2.05) is 65.7 Å². The third-order valence-electron chi connectivity index (χ3n) is 4.22. The lowest BCUT2D eigenvalue weighted by atomic mass is 10.1. The zero-order valence-electron chi connectivity index (χ0n) is 13.9. The summed E-state index contributed by atoms with van der Waals surface area (Å²) in [5, 5.41) is 3.41. The van der Waals surface area contributed by atoms with Crippen LogP contribution in [0.2, 0.25) is 0 Å². The molecule has 0 saturated carbocycles. The molecule has 0 radical (unpaired) electrons. The Balaban J connectivity index is 1.77. The fourth-order valence-corrected chi connectivity index (χ4v) is 2.93. The van der Waals surface area contributed by atoms with E-state index < -0.39 is 11.6 Å². The van der Waals surface area contributed by atoms with Crippen LogP contribution < -0.4 is 15.6 Å². The molecule has 5 heteroatoms. The summed E-state index contributed by atoms with van der Waals surface area (Å²) in [6.07, 6.45) is 1.80. The number of halogens is 2. The van der Waals surface area contributed by atoms with E-state index in [4.69, 9.17) is 0 Å². The first-order valence-corrected chi connectivity index (χ1v) is 8.30. The first-order chi connectivity index (χ1) is 12.7. The summed E-state index contributed by atoms with van der Waals surface area (Å²) in [5.74, 6) is -0.993. The average Bonchev–Trinajstić information content (AvgIpc) is 2.71. The van der Waals surface area contributed by atoms with Crippen molar-refractivity contribution in [3.63, 3.8) is 0 Å². The maximum Gasteiger partial charge on any atom is 0.148 e. The van der Waals surface area contributed by atoms with E-state index in [9.17, 15) is 8.78 Å². The smallest absolute Gasteiger partial charge is 0.148 e. The summed E-state index contributed by atoms with van der Waals surface area (Å²) in [7, 11) is 0. The maximum absolute atomic E-state index is 14.3. The topological polar surface area (TPSA) is 18.5 Å². The molecule has 130 valence electrons. The Bertz CT molecular complexity index is 927. The van der Waals surface area contributed by atoms with Crippen LogP contribution in [0.4, 0.5) is 20.2 Å². The molecule has 3 aromatic rings. The van der Waals surface area contributed by atoms with Crippen molar-refractivity contribution in [1.29, 1.82) is 0 Å². The van der Waals surface area contributed by atoms with Crippen molar-refractivity contribution in [2.75, 3.05) is 16.6 Å². The fraction of sp³-hybridized carbons (Fsp3) is 0.0476. The van der Waals surface area contributed by atoms with Gasteiger partial charge >= 0.3 is 0 Å². The van der Waals surface area contributed by atoms with Crippen LogP contribution in [-0.2, 0) is 0 Å². The van der Waals surface area contributed by atoms with Crippen LogP contribution in [0.15, 0.2) is 85.1 Å². The molecule has 4 rings (SSSR count). The highest BCUT2D eigenvalue weighted by molar-refractivity contribution is 5.74. The van der Waals surface area contributed by atoms with E-state index in [1.165, 1.54) is 11.1 Å². The fourth-order valence-electron chi connectivity index (χ4n) is 2.93. The molecule has 0 aromatic heterocycles. The average molecular weight is 349 g/mol. The van der Waals surface area contributed by atoms with Crippen LogP contribution in [0.1, 0.15) is 5.56 Å². The Hall–Kier alpha value is -3.18. The number of rotatable bonds is 3. The van der Waals surface area contributed by atoms with E-state index in [2.05, 4.69) is 5.53 Å². The van der Waals surface area contributed by atoms with Gasteiger partial charge in [0, 0.05) is 12.3 Å². The molecule has 0 saturated heterocycles. The molecule has 0 aliphatic carbocycles. The number of hydrazine groups is 2. The lowest BCUT2D eigenvalue weighted by Gasteiger charge is -2.37. The molecule has 0 fully saturated rings. The SMILES string of the molecule is Fc1ccc(F)c(N2C=C(c3ccccc3)CN(c3ccccc3)N2)c1. The quantitative estimate of drug-likeness (QED) is 0.736. The Kier molecular flexibility index (Phi) is 4.37. The van der Waals surface area contributed by atoms with Gasteiger partial charge in [-0.05, 0) is 35.4 Å². The Morgan fingerprint density at radius 3 is 2.23 bits per heavy atom. The van der Waals surface area contributed by atoms with Gasteiger partial charge in [-0.2, -0.15) is 0 Å². The highest BCUT2D eigenvalue weighted by atomic mass is 19.1. The van der Waals surface area contributed by atoms with E-state index in [-0.39, 0.29) is 5.69 Å². The van der Waals surface area contributed by atoms with Gasteiger partial charge in [0.1, 0.15) is 11.6 Å². The molecule has 1 N–H and O–H groups in total. The zero-order chi connectivity index (χ0) is 17.9. The molecule has 1 aliphatic rings. The minimum Gasteiger partial charge on any atom is -0.286 e. The minimum absolute atomic E-state index is 0.124. The highest BCUT2D eigenvalue weighted by Crippen LogP contribution is 2.28. The molecular weight excluding hydrogens is 332 g/mol. The lowest BCUT2D eigenvalue weighted by Crippen LogP contribution is -2.52. The largest absolute Gasteiger partial charge is 0.286 e. The normalized spacial score (nSPS) is 14.3. The molecule has 0 bridgehead atoms. The van der Waals surface area contributed by atoms with Crippen molar-refractivity contribution in [2.24, 2.45) is 0 Å². The lowest BCUT2D eigenvalue weighted by molar-refractivity contribution is 0.578. The molecule has 26 heavy (non-hydrogen) atoms. The number of hydrogen-bond donors (Lipinski definition) is 1. The third-order valence-corrected chi connectivity index (χ3v) is 4.22. The van der Waals surface area contributed by atoms with Gasteiger partial charge in [0.25, 0.3) is 0 Å². The van der Waals surface area contributed by atoms with Crippen molar-refractivity contribution < 1.29 is 8.78 Å². The van der Waals surface area contributed by atoms with Crippen molar-refractivity contribution >= 4 is 16.9 Å². The van der Waals surface area contributed by atoms with Crippen LogP contribution in [0, 0.1) is 11.6 Å². The summed E-state index contributed by atoms with van der Waals surface area (Å²) in [6.45, 7) is 0.585. The molecular formula is C21H17F2N3. The number of nitrogens with zero attached hydrogens (tertiary/aromatic N) is 2. The second kappa shape index (κ2) is 6.98. The Morgan fingerprint density at radius 1 is 0.808 bits per heavy atom. The van der Waals surface area contributed by atoms with Crippen LogP contribution in [0.25, 0.3) is 5.57 Å². The van der Waals surface area contributed by atoms with Gasteiger partial charge in [0.2, 0.25) is 0 Å². The number of anilines is 2. The molecule has 3 nitrogen and oxygen atoms in total. The van der Waals surface area contributed by atoms with Crippen molar-refractivity contribution in [2.45, 2.75) is 0 Å². The number of benzene rings is 3. The second-order valence-corrected chi connectivity index (χ2v) is 6.01. The molecule has 1 aliphatic heterocycles. The van der Waals surface area contributed by atoms with Gasteiger partial charge in [-0.1, -0.05) is 48.5 Å². The first-order valence-electron chi connectivity index (χ1n) is 8.30. The summed E-state index contributed by atoms with van der Waals surface area (Å²) < 4.78 is 28.0. The van der Waals surface area contributed by atoms with E-state index in [0.29, 0.717) is 6.54 Å². The van der Waals surface area contributed by atoms with E-state index in [0.717, 1.165) is 29.0 Å². The number of nitrogens with one attached hydrogen (secondary N) is 1. The van der Waals surface area contributed by atoms with Crippen LogP contribution in [0.5, 0.6) is 0 Å². The van der Waals surface area contributed by atoms with Crippen molar-refractivity contribution in [1.82, 2.24) is 5.53 Å². The second-order valence-electron chi connectivity index (χ2n) is 6.01. The standard InChI is InChI=1S/C21H17F2N3/c22-18-11-12-20(23)21(13-18)26-15-17(16-7-3-1-4-8-16)14-25(24-26)19-9-5-2-6-10-19/h1-13,15,24H,14H2. The maximum atomic E-state index is 14.3. The number of para-hydroxylation sites is 1. The third kappa shape index (κ3) is 3.30. The number of hydrogen-bond acceptors (Lipinski definition) is 3. The predicted molar refractivity (Wildman–Crippen MR) is 100 cm³/mol. The first kappa shape index (κ1) is 16.3.